The SMILES string of the molecule is CC(C)c1cccc(C(C)C)c1N=C=Nc1ccccc1. The van der Waals surface area contributed by atoms with Crippen LogP contribution in [0.15, 0.2) is 58.5 Å². The van der Waals surface area contributed by atoms with Gasteiger partial charge < -0.3 is 0 Å². The van der Waals surface area contributed by atoms with E-state index in [4.69, 9.17) is 0 Å². The summed E-state index contributed by atoms with van der Waals surface area (Å²) in [6.45, 7) is 8.75. The largest absolute Gasteiger partial charge is 0.188 e. The van der Waals surface area contributed by atoms with Crippen molar-refractivity contribution in [3.05, 3.63) is 59.7 Å². The maximum absolute atomic E-state index is 4.53. The minimum Gasteiger partial charge on any atom is -0.188 e. The second-order valence-corrected chi connectivity index (χ2v) is 5.75. The molecule has 2 heteroatoms. The fraction of sp³-hybridized carbons (Fsp3) is 0.316. The third kappa shape index (κ3) is 3.90. The maximum atomic E-state index is 4.53. The van der Waals surface area contributed by atoms with Crippen molar-refractivity contribution in [2.75, 3.05) is 0 Å². The first-order valence-electron chi connectivity index (χ1n) is 7.44. The molecule has 0 aromatic heterocycles. The predicted octanol–water partition coefficient (Wildman–Crippen LogP) is 6.07. The van der Waals surface area contributed by atoms with Gasteiger partial charge in [-0.1, -0.05) is 64.1 Å². The molecule has 0 amide bonds. The predicted molar refractivity (Wildman–Crippen MR) is 90.2 cm³/mol. The molecule has 0 aliphatic carbocycles. The Bertz CT molecular complexity index is 622. The third-order valence-corrected chi connectivity index (χ3v) is 3.44. The van der Waals surface area contributed by atoms with Crippen LogP contribution in [-0.2, 0) is 0 Å². The monoisotopic (exact) mass is 278 g/mol. The number of hydrogen-bond acceptors (Lipinski definition) is 2. The van der Waals surface area contributed by atoms with Crippen molar-refractivity contribution in [1.29, 1.82) is 0 Å². The second-order valence-electron chi connectivity index (χ2n) is 5.75. The standard InChI is InChI=1S/C19H22N2/c1-14(2)17-11-8-12-18(15(3)4)19(17)21-13-20-16-9-6-5-7-10-16/h5-12,14-15H,1-4H3. The molecule has 0 N–H and O–H groups in total. The Balaban J connectivity index is 2.44. The van der Waals surface area contributed by atoms with Gasteiger partial charge in [-0.05, 0) is 35.1 Å². The van der Waals surface area contributed by atoms with Gasteiger partial charge in [0.05, 0.1) is 11.4 Å². The molecule has 21 heavy (non-hydrogen) atoms. The highest BCUT2D eigenvalue weighted by Crippen LogP contribution is 2.34. The number of hydrogen-bond donors (Lipinski definition) is 0. The van der Waals surface area contributed by atoms with Crippen molar-refractivity contribution in [3.8, 4) is 0 Å². The lowest BCUT2D eigenvalue weighted by Gasteiger charge is -2.15. The third-order valence-electron chi connectivity index (χ3n) is 3.44. The van der Waals surface area contributed by atoms with Gasteiger partial charge in [-0.2, -0.15) is 9.98 Å². The van der Waals surface area contributed by atoms with E-state index in [0.717, 1.165) is 11.4 Å². The highest BCUT2D eigenvalue weighted by molar-refractivity contribution is 5.64. The average Bonchev–Trinajstić information content (AvgIpc) is 2.48. The second kappa shape index (κ2) is 7.01. The summed E-state index contributed by atoms with van der Waals surface area (Å²) < 4.78 is 0. The van der Waals surface area contributed by atoms with Crippen LogP contribution >= 0.6 is 0 Å². The first-order chi connectivity index (χ1) is 10.1. The van der Waals surface area contributed by atoms with Gasteiger partial charge in [0, 0.05) is 0 Å². The summed E-state index contributed by atoms with van der Waals surface area (Å²) in [5.74, 6) is 0.863. The molecule has 2 aromatic rings. The Kier molecular flexibility index (Phi) is 5.08. The lowest BCUT2D eigenvalue weighted by atomic mass is 9.93. The van der Waals surface area contributed by atoms with Crippen LogP contribution in [0.25, 0.3) is 0 Å². The van der Waals surface area contributed by atoms with Crippen molar-refractivity contribution in [3.63, 3.8) is 0 Å². The van der Waals surface area contributed by atoms with Crippen LogP contribution in [0.3, 0.4) is 0 Å². The molecule has 0 atom stereocenters. The number of nitrogens with zero attached hydrogens (tertiary/aromatic N) is 2. The Morgan fingerprint density at radius 3 is 1.81 bits per heavy atom. The topological polar surface area (TPSA) is 24.7 Å². The van der Waals surface area contributed by atoms with E-state index in [0.29, 0.717) is 11.8 Å². The van der Waals surface area contributed by atoms with Crippen LogP contribution in [0.5, 0.6) is 0 Å². The number of aliphatic imine (C=N–C) groups is 2. The van der Waals surface area contributed by atoms with E-state index >= 15 is 0 Å². The van der Waals surface area contributed by atoms with Crippen molar-refractivity contribution >= 4 is 17.4 Å². The van der Waals surface area contributed by atoms with Gasteiger partial charge in [0.1, 0.15) is 6.01 Å². The molecule has 108 valence electrons. The molecule has 0 saturated carbocycles. The molecular formula is C19H22N2. The minimum atomic E-state index is 0.431. The Labute approximate surface area is 127 Å². The average molecular weight is 278 g/mol. The first-order valence-corrected chi connectivity index (χ1v) is 7.44. The van der Waals surface area contributed by atoms with Gasteiger partial charge in [0.2, 0.25) is 0 Å². The summed E-state index contributed by atoms with van der Waals surface area (Å²) in [6, 6.07) is 19.0. The summed E-state index contributed by atoms with van der Waals surface area (Å²) in [5.41, 5.74) is 4.38. The summed E-state index contributed by atoms with van der Waals surface area (Å²) in [7, 11) is 0. The molecular weight excluding hydrogens is 256 g/mol. The van der Waals surface area contributed by atoms with E-state index in [-0.39, 0.29) is 0 Å². The van der Waals surface area contributed by atoms with E-state index in [1.807, 2.05) is 30.3 Å². The molecule has 0 heterocycles. The molecule has 0 spiro atoms. The molecule has 2 aromatic carbocycles. The lowest BCUT2D eigenvalue weighted by molar-refractivity contribution is 0.835. The molecule has 0 unspecified atom stereocenters. The smallest absolute Gasteiger partial charge is 0.100 e. The van der Waals surface area contributed by atoms with Crippen LogP contribution in [-0.4, -0.2) is 6.01 Å². The summed E-state index contributed by atoms with van der Waals surface area (Å²) in [4.78, 5) is 8.81. The van der Waals surface area contributed by atoms with E-state index in [9.17, 15) is 0 Å². The molecule has 0 saturated heterocycles. The zero-order chi connectivity index (χ0) is 15.2. The minimum absolute atomic E-state index is 0.431. The van der Waals surface area contributed by atoms with Crippen LogP contribution in [0, 0.1) is 0 Å². The highest BCUT2D eigenvalue weighted by atomic mass is 14.8. The van der Waals surface area contributed by atoms with Crippen LogP contribution < -0.4 is 0 Å². The van der Waals surface area contributed by atoms with Crippen LogP contribution in [0.4, 0.5) is 11.4 Å². The quantitative estimate of drug-likeness (QED) is 0.606. The number of para-hydroxylation sites is 2. The first kappa shape index (κ1) is 15.2. The Hall–Kier alpha value is -2.18. The van der Waals surface area contributed by atoms with Crippen LogP contribution in [0.1, 0.15) is 50.7 Å². The zero-order valence-corrected chi connectivity index (χ0v) is 13.2. The van der Waals surface area contributed by atoms with E-state index in [1.165, 1.54) is 11.1 Å². The van der Waals surface area contributed by atoms with Gasteiger partial charge in [-0.25, -0.2) is 0 Å². The fourth-order valence-electron chi connectivity index (χ4n) is 2.28. The fourth-order valence-corrected chi connectivity index (χ4v) is 2.28. The molecule has 0 fully saturated rings. The highest BCUT2D eigenvalue weighted by Gasteiger charge is 2.12. The molecule has 0 bridgehead atoms. The van der Waals surface area contributed by atoms with Crippen molar-refractivity contribution in [2.24, 2.45) is 9.98 Å². The maximum Gasteiger partial charge on any atom is 0.100 e. The molecule has 0 aliphatic rings. The van der Waals surface area contributed by atoms with E-state index in [1.54, 1.807) is 0 Å². The zero-order valence-electron chi connectivity index (χ0n) is 13.2. The van der Waals surface area contributed by atoms with E-state index in [2.05, 4.69) is 61.9 Å². The van der Waals surface area contributed by atoms with Gasteiger partial charge in [0.15, 0.2) is 0 Å². The number of benzene rings is 2. The van der Waals surface area contributed by atoms with Gasteiger partial charge in [0.25, 0.3) is 0 Å². The van der Waals surface area contributed by atoms with Crippen LogP contribution in [0.2, 0.25) is 0 Å². The van der Waals surface area contributed by atoms with E-state index < -0.39 is 0 Å². The van der Waals surface area contributed by atoms with Crippen molar-refractivity contribution < 1.29 is 0 Å². The Morgan fingerprint density at radius 1 is 0.714 bits per heavy atom. The summed E-state index contributed by atoms with van der Waals surface area (Å²) >= 11 is 0. The van der Waals surface area contributed by atoms with Gasteiger partial charge in [-0.3, -0.25) is 0 Å². The molecule has 2 rings (SSSR count). The Morgan fingerprint density at radius 2 is 1.29 bits per heavy atom. The number of rotatable bonds is 4. The van der Waals surface area contributed by atoms with Gasteiger partial charge in [-0.15, -0.1) is 0 Å². The lowest BCUT2D eigenvalue weighted by Crippen LogP contribution is -1.94. The molecule has 0 radical (unpaired) electrons. The molecule has 0 aliphatic heterocycles. The van der Waals surface area contributed by atoms with Crippen molar-refractivity contribution in [2.45, 2.75) is 39.5 Å². The normalized spacial score (nSPS) is 10.6. The summed E-state index contributed by atoms with van der Waals surface area (Å²) in [5, 5.41) is 0. The summed E-state index contributed by atoms with van der Waals surface area (Å²) in [6.07, 6.45) is 0. The molecule has 2 nitrogen and oxygen atoms in total. The van der Waals surface area contributed by atoms with Gasteiger partial charge >= 0.3 is 0 Å². The van der Waals surface area contributed by atoms with Crippen molar-refractivity contribution in [1.82, 2.24) is 0 Å².